The molecule has 0 unspecified atom stereocenters. The zero-order valence-corrected chi connectivity index (χ0v) is 12.4. The van der Waals surface area contributed by atoms with Crippen LogP contribution in [0.1, 0.15) is 64.7 Å². The van der Waals surface area contributed by atoms with Gasteiger partial charge in [-0.3, -0.25) is 0 Å². The molecule has 1 fully saturated rings. The van der Waals surface area contributed by atoms with Gasteiger partial charge in [0.25, 0.3) is 0 Å². The fraction of sp³-hybridized carbons (Fsp3) is 1.00. The largest absolute Gasteiger partial charge is 0.417 e. The van der Waals surface area contributed by atoms with Gasteiger partial charge in [0.05, 0.1) is 0 Å². The summed E-state index contributed by atoms with van der Waals surface area (Å²) in [6.45, 7) is 5.77. The summed E-state index contributed by atoms with van der Waals surface area (Å²) in [5, 5.41) is 0. The minimum absolute atomic E-state index is 1.05. The molecule has 1 aliphatic heterocycles. The van der Waals surface area contributed by atoms with Crippen molar-refractivity contribution >= 4 is 8.32 Å². The maximum absolute atomic E-state index is 6.22. The van der Waals surface area contributed by atoms with Gasteiger partial charge in [0.15, 0.2) is 8.32 Å². The first-order valence-corrected chi connectivity index (χ1v) is 10.2. The van der Waals surface area contributed by atoms with E-state index in [9.17, 15) is 0 Å². The summed E-state index contributed by atoms with van der Waals surface area (Å²) in [5.41, 5.74) is 0. The third kappa shape index (κ3) is 6.05. The normalized spacial score (nSPS) is 19.9. The summed E-state index contributed by atoms with van der Waals surface area (Å²) >= 11 is 0. The fourth-order valence-corrected chi connectivity index (χ4v) is 5.82. The van der Waals surface area contributed by atoms with Crippen LogP contribution in [0.25, 0.3) is 0 Å². The molecule has 1 aliphatic rings. The molecule has 0 spiro atoms. The quantitative estimate of drug-likeness (QED) is 0.424. The molecular weight excluding hydrogens is 212 g/mol. The van der Waals surface area contributed by atoms with Crippen LogP contribution in [0.5, 0.6) is 0 Å². The molecule has 0 aromatic heterocycles. The minimum Gasteiger partial charge on any atom is -0.417 e. The first-order valence-electron chi connectivity index (χ1n) is 7.41. The Bertz CT molecular complexity index is 164. The predicted octanol–water partition coefficient (Wildman–Crippen LogP) is 5.12. The molecule has 0 radical (unpaired) electrons. The average molecular weight is 242 g/mol. The fourth-order valence-electron chi connectivity index (χ4n) is 2.64. The summed E-state index contributed by atoms with van der Waals surface area (Å²) in [6.07, 6.45) is 12.6. The van der Waals surface area contributed by atoms with Gasteiger partial charge in [0.2, 0.25) is 0 Å². The highest BCUT2D eigenvalue weighted by molar-refractivity contribution is 6.72. The van der Waals surface area contributed by atoms with Crippen molar-refractivity contribution < 1.29 is 4.43 Å². The standard InChI is InChI=1S/C14H30OSi/c1-3-4-5-6-7-9-12-15-16(2)13-10-8-11-14-16/h3-14H2,1-2H3. The third-order valence-corrected chi connectivity index (χ3v) is 7.58. The SMILES string of the molecule is CCCCCCCCO[Si]1(C)CCCCC1. The highest BCUT2D eigenvalue weighted by atomic mass is 28.4. The van der Waals surface area contributed by atoms with Crippen molar-refractivity contribution in [2.24, 2.45) is 0 Å². The molecule has 0 aromatic rings. The van der Waals surface area contributed by atoms with Gasteiger partial charge in [0, 0.05) is 6.61 Å². The van der Waals surface area contributed by atoms with E-state index in [1.54, 1.807) is 0 Å². The van der Waals surface area contributed by atoms with Gasteiger partial charge in [-0.1, -0.05) is 58.3 Å². The Hall–Kier alpha value is 0.177. The lowest BCUT2D eigenvalue weighted by molar-refractivity contribution is 0.283. The van der Waals surface area contributed by atoms with Crippen LogP contribution >= 0.6 is 0 Å². The van der Waals surface area contributed by atoms with E-state index in [2.05, 4.69) is 13.5 Å². The smallest absolute Gasteiger partial charge is 0.189 e. The second kappa shape index (κ2) is 8.29. The van der Waals surface area contributed by atoms with Crippen LogP contribution in [0, 0.1) is 0 Å². The number of hydrogen-bond acceptors (Lipinski definition) is 1. The Morgan fingerprint density at radius 2 is 1.50 bits per heavy atom. The van der Waals surface area contributed by atoms with Crippen LogP contribution in [-0.2, 0) is 4.43 Å². The molecule has 0 aliphatic carbocycles. The summed E-state index contributed by atoms with van der Waals surface area (Å²) < 4.78 is 6.22. The van der Waals surface area contributed by atoms with E-state index in [0.717, 1.165) is 6.61 Å². The molecule has 1 heterocycles. The minimum atomic E-state index is -1.21. The van der Waals surface area contributed by atoms with E-state index < -0.39 is 8.32 Å². The van der Waals surface area contributed by atoms with Crippen LogP contribution in [0.15, 0.2) is 0 Å². The van der Waals surface area contributed by atoms with Gasteiger partial charge >= 0.3 is 0 Å². The monoisotopic (exact) mass is 242 g/mol. The van der Waals surface area contributed by atoms with Gasteiger partial charge in [-0.2, -0.15) is 0 Å². The number of rotatable bonds is 8. The lowest BCUT2D eigenvalue weighted by Gasteiger charge is -2.31. The Labute approximate surface area is 103 Å². The molecule has 2 heteroatoms. The van der Waals surface area contributed by atoms with Crippen LogP contribution in [0.3, 0.4) is 0 Å². The molecule has 0 aromatic carbocycles. The van der Waals surface area contributed by atoms with Crippen molar-refractivity contribution in [3.05, 3.63) is 0 Å². The van der Waals surface area contributed by atoms with Crippen LogP contribution in [0.4, 0.5) is 0 Å². The Balaban J connectivity index is 1.93. The zero-order chi connectivity index (χ0) is 11.7. The summed E-state index contributed by atoms with van der Waals surface area (Å²) in [4.78, 5) is 0. The maximum Gasteiger partial charge on any atom is 0.189 e. The van der Waals surface area contributed by atoms with E-state index in [0.29, 0.717) is 0 Å². The molecule has 1 nitrogen and oxygen atoms in total. The molecular formula is C14H30OSi. The topological polar surface area (TPSA) is 9.23 Å². The van der Waals surface area contributed by atoms with Crippen molar-refractivity contribution in [1.29, 1.82) is 0 Å². The lowest BCUT2D eigenvalue weighted by atomic mass is 10.1. The number of hydrogen-bond donors (Lipinski definition) is 0. The predicted molar refractivity (Wildman–Crippen MR) is 74.4 cm³/mol. The second-order valence-corrected chi connectivity index (χ2v) is 9.82. The van der Waals surface area contributed by atoms with Crippen molar-refractivity contribution in [2.75, 3.05) is 6.61 Å². The van der Waals surface area contributed by atoms with Crippen LogP contribution in [-0.4, -0.2) is 14.9 Å². The maximum atomic E-state index is 6.22. The second-order valence-electron chi connectivity index (χ2n) is 5.63. The molecule has 0 bridgehead atoms. The molecule has 0 saturated carbocycles. The molecule has 96 valence electrons. The summed E-state index contributed by atoms with van der Waals surface area (Å²) in [5.74, 6) is 0. The van der Waals surface area contributed by atoms with E-state index >= 15 is 0 Å². The number of unbranched alkanes of at least 4 members (excludes halogenated alkanes) is 5. The third-order valence-electron chi connectivity index (χ3n) is 3.86. The van der Waals surface area contributed by atoms with Gasteiger partial charge in [-0.25, -0.2) is 0 Å². The van der Waals surface area contributed by atoms with E-state index in [-0.39, 0.29) is 0 Å². The van der Waals surface area contributed by atoms with Crippen molar-refractivity contribution in [1.82, 2.24) is 0 Å². The summed E-state index contributed by atoms with van der Waals surface area (Å²) in [7, 11) is -1.21. The average Bonchev–Trinajstić information content (AvgIpc) is 2.29. The first-order chi connectivity index (χ1) is 7.77. The van der Waals surface area contributed by atoms with Crippen LogP contribution in [0.2, 0.25) is 18.6 Å². The van der Waals surface area contributed by atoms with Gasteiger partial charge in [-0.05, 0) is 25.1 Å². The first kappa shape index (κ1) is 14.2. The summed E-state index contributed by atoms with van der Waals surface area (Å²) in [6, 6.07) is 2.84. The molecule has 1 saturated heterocycles. The van der Waals surface area contributed by atoms with Crippen molar-refractivity contribution in [3.63, 3.8) is 0 Å². The molecule has 0 amide bonds. The molecule has 0 atom stereocenters. The highest BCUT2D eigenvalue weighted by Gasteiger charge is 2.30. The molecule has 0 N–H and O–H groups in total. The van der Waals surface area contributed by atoms with E-state index in [1.165, 1.54) is 69.9 Å². The van der Waals surface area contributed by atoms with Crippen molar-refractivity contribution in [2.45, 2.75) is 83.3 Å². The molecule has 16 heavy (non-hydrogen) atoms. The Morgan fingerprint density at radius 3 is 2.19 bits per heavy atom. The van der Waals surface area contributed by atoms with Gasteiger partial charge in [0.1, 0.15) is 0 Å². The Morgan fingerprint density at radius 1 is 0.875 bits per heavy atom. The van der Waals surface area contributed by atoms with E-state index in [1.807, 2.05) is 0 Å². The van der Waals surface area contributed by atoms with Gasteiger partial charge in [-0.15, -0.1) is 0 Å². The highest BCUT2D eigenvalue weighted by Crippen LogP contribution is 2.29. The van der Waals surface area contributed by atoms with Crippen LogP contribution < -0.4 is 0 Å². The zero-order valence-electron chi connectivity index (χ0n) is 11.4. The molecule has 1 rings (SSSR count). The lowest BCUT2D eigenvalue weighted by Crippen LogP contribution is -2.36. The van der Waals surface area contributed by atoms with E-state index in [4.69, 9.17) is 4.43 Å². The van der Waals surface area contributed by atoms with Crippen molar-refractivity contribution in [3.8, 4) is 0 Å². The van der Waals surface area contributed by atoms with Gasteiger partial charge < -0.3 is 4.43 Å². The Kier molecular flexibility index (Phi) is 7.38.